The van der Waals surface area contributed by atoms with Crippen molar-refractivity contribution in [2.45, 2.75) is 12.3 Å². The summed E-state index contributed by atoms with van der Waals surface area (Å²) in [5, 5.41) is 3.17. The Morgan fingerprint density at radius 1 is 1.14 bits per heavy atom. The number of rotatable bonds is 1. The number of fused-ring (bicyclic) bond motifs is 1. The highest BCUT2D eigenvalue weighted by Crippen LogP contribution is 2.40. The molecule has 1 N–H and O–H groups in total. The molecular formula is C15H11BrF3NO. The minimum atomic E-state index is -4.35. The first-order valence-corrected chi connectivity index (χ1v) is 7.10. The predicted octanol–water partition coefficient (Wildman–Crippen LogP) is 5.01. The van der Waals surface area contributed by atoms with Crippen LogP contribution in [0.25, 0.3) is 0 Å². The van der Waals surface area contributed by atoms with Crippen LogP contribution in [0.5, 0.6) is 5.75 Å². The van der Waals surface area contributed by atoms with Crippen LogP contribution < -0.4 is 10.1 Å². The second-order valence-electron chi connectivity index (χ2n) is 4.73. The summed E-state index contributed by atoms with van der Waals surface area (Å²) in [5.74, 6) is 0.617. The van der Waals surface area contributed by atoms with E-state index in [2.05, 4.69) is 21.2 Å². The fraction of sp³-hybridized carbons (Fsp3) is 0.200. The molecular weight excluding hydrogens is 347 g/mol. The second kappa shape index (κ2) is 5.26. The molecule has 2 nitrogen and oxygen atoms in total. The highest BCUT2D eigenvalue weighted by Gasteiger charge is 2.32. The maximum atomic E-state index is 12.8. The largest absolute Gasteiger partial charge is 0.481 e. The number of benzene rings is 2. The molecule has 0 bridgehead atoms. The predicted molar refractivity (Wildman–Crippen MR) is 77.4 cm³/mol. The first-order chi connectivity index (χ1) is 9.95. The zero-order valence-electron chi connectivity index (χ0n) is 10.7. The molecule has 1 atom stereocenters. The van der Waals surface area contributed by atoms with Gasteiger partial charge in [-0.25, -0.2) is 0 Å². The van der Waals surface area contributed by atoms with Crippen molar-refractivity contribution in [3.63, 3.8) is 0 Å². The number of nitrogens with one attached hydrogen (secondary N) is 1. The van der Waals surface area contributed by atoms with Crippen molar-refractivity contribution in [1.82, 2.24) is 0 Å². The standard InChI is InChI=1S/C15H11BrF3NO/c16-11-5-2-6-12-14(11)21-13(8-20-12)9-3-1-4-10(7-9)15(17,18)19/h1-7,13,20H,8H2. The summed E-state index contributed by atoms with van der Waals surface area (Å²) >= 11 is 3.38. The Morgan fingerprint density at radius 3 is 2.67 bits per heavy atom. The quantitative estimate of drug-likeness (QED) is 0.774. The molecule has 0 amide bonds. The van der Waals surface area contributed by atoms with Crippen LogP contribution in [0.2, 0.25) is 0 Å². The molecule has 1 unspecified atom stereocenters. The molecule has 0 spiro atoms. The zero-order chi connectivity index (χ0) is 15.0. The van der Waals surface area contributed by atoms with E-state index in [1.807, 2.05) is 18.2 Å². The SMILES string of the molecule is FC(F)(F)c1cccc(C2CNc3cccc(Br)c3O2)c1. The van der Waals surface area contributed by atoms with Crippen LogP contribution in [-0.4, -0.2) is 6.54 Å². The summed E-state index contributed by atoms with van der Waals surface area (Å²) in [7, 11) is 0. The number of alkyl halides is 3. The van der Waals surface area contributed by atoms with Gasteiger partial charge in [0.05, 0.1) is 22.3 Å². The van der Waals surface area contributed by atoms with E-state index < -0.39 is 17.8 Å². The van der Waals surface area contributed by atoms with Gasteiger partial charge in [0.25, 0.3) is 0 Å². The van der Waals surface area contributed by atoms with Gasteiger partial charge in [0.2, 0.25) is 0 Å². The Labute approximate surface area is 128 Å². The number of para-hydroxylation sites is 1. The van der Waals surface area contributed by atoms with Gasteiger partial charge in [0.15, 0.2) is 5.75 Å². The van der Waals surface area contributed by atoms with Gasteiger partial charge in [0, 0.05) is 0 Å². The average Bonchev–Trinajstić information content (AvgIpc) is 2.47. The van der Waals surface area contributed by atoms with Gasteiger partial charge in [-0.1, -0.05) is 18.2 Å². The van der Waals surface area contributed by atoms with Gasteiger partial charge in [-0.15, -0.1) is 0 Å². The monoisotopic (exact) mass is 357 g/mol. The molecule has 110 valence electrons. The minimum absolute atomic E-state index is 0.421. The molecule has 0 aromatic heterocycles. The summed E-state index contributed by atoms with van der Waals surface area (Å²) < 4.78 is 44.9. The van der Waals surface area contributed by atoms with Gasteiger partial charge in [-0.2, -0.15) is 13.2 Å². The van der Waals surface area contributed by atoms with Gasteiger partial charge in [-0.3, -0.25) is 0 Å². The Morgan fingerprint density at radius 2 is 1.90 bits per heavy atom. The molecule has 2 aromatic carbocycles. The van der Waals surface area contributed by atoms with Crippen molar-refractivity contribution in [3.8, 4) is 5.75 Å². The molecule has 3 rings (SSSR count). The first kappa shape index (κ1) is 14.3. The summed E-state index contributed by atoms with van der Waals surface area (Å²) in [5.41, 5.74) is 0.660. The lowest BCUT2D eigenvalue weighted by molar-refractivity contribution is -0.137. The molecule has 1 aliphatic rings. The van der Waals surface area contributed by atoms with Gasteiger partial charge >= 0.3 is 6.18 Å². The van der Waals surface area contributed by atoms with Crippen LogP contribution in [0.3, 0.4) is 0 Å². The normalized spacial score (nSPS) is 17.6. The molecule has 2 aromatic rings. The van der Waals surface area contributed by atoms with Gasteiger partial charge in [-0.05, 0) is 45.8 Å². The number of ether oxygens (including phenoxy) is 1. The van der Waals surface area contributed by atoms with Crippen LogP contribution in [0.4, 0.5) is 18.9 Å². The lowest BCUT2D eigenvalue weighted by Crippen LogP contribution is -2.24. The topological polar surface area (TPSA) is 21.3 Å². The van der Waals surface area contributed by atoms with Crippen LogP contribution in [0.15, 0.2) is 46.9 Å². The van der Waals surface area contributed by atoms with E-state index in [-0.39, 0.29) is 0 Å². The summed E-state index contributed by atoms with van der Waals surface area (Å²) in [4.78, 5) is 0. The fourth-order valence-electron chi connectivity index (χ4n) is 2.26. The summed E-state index contributed by atoms with van der Waals surface area (Å²) in [6, 6.07) is 10.8. The van der Waals surface area contributed by atoms with Gasteiger partial charge < -0.3 is 10.1 Å². The summed E-state index contributed by atoms with van der Waals surface area (Å²) in [6.45, 7) is 0.421. The van der Waals surface area contributed by atoms with Crippen LogP contribution in [-0.2, 0) is 6.18 Å². The van der Waals surface area contributed by atoms with Crippen molar-refractivity contribution in [2.75, 3.05) is 11.9 Å². The van der Waals surface area contributed by atoms with E-state index in [4.69, 9.17) is 4.74 Å². The van der Waals surface area contributed by atoms with Crippen LogP contribution in [0.1, 0.15) is 17.2 Å². The highest BCUT2D eigenvalue weighted by atomic mass is 79.9. The molecule has 0 saturated carbocycles. The smallest absolute Gasteiger partial charge is 0.416 e. The molecule has 6 heteroatoms. The van der Waals surface area contributed by atoms with Crippen molar-refractivity contribution >= 4 is 21.6 Å². The number of halogens is 4. The summed E-state index contributed by atoms with van der Waals surface area (Å²) in [6.07, 6.45) is -4.81. The van der Waals surface area contributed by atoms with E-state index in [0.29, 0.717) is 17.9 Å². The van der Waals surface area contributed by atoms with E-state index in [1.165, 1.54) is 6.07 Å². The third-order valence-corrected chi connectivity index (χ3v) is 3.92. The third-order valence-electron chi connectivity index (χ3n) is 3.29. The van der Waals surface area contributed by atoms with Crippen molar-refractivity contribution in [2.24, 2.45) is 0 Å². The van der Waals surface area contributed by atoms with E-state index >= 15 is 0 Å². The molecule has 0 aliphatic carbocycles. The lowest BCUT2D eigenvalue weighted by atomic mass is 10.0. The minimum Gasteiger partial charge on any atom is -0.481 e. The number of hydrogen-bond acceptors (Lipinski definition) is 2. The molecule has 0 fully saturated rings. The third kappa shape index (κ3) is 2.85. The van der Waals surface area contributed by atoms with E-state index in [0.717, 1.165) is 22.3 Å². The maximum absolute atomic E-state index is 12.8. The Hall–Kier alpha value is -1.69. The molecule has 0 saturated heterocycles. The van der Waals surface area contributed by atoms with E-state index in [1.54, 1.807) is 6.07 Å². The number of hydrogen-bond donors (Lipinski definition) is 1. The molecule has 0 radical (unpaired) electrons. The lowest BCUT2D eigenvalue weighted by Gasteiger charge is -2.28. The van der Waals surface area contributed by atoms with Crippen LogP contribution in [0, 0.1) is 0 Å². The molecule has 1 heterocycles. The van der Waals surface area contributed by atoms with E-state index in [9.17, 15) is 13.2 Å². The Bertz CT molecular complexity index is 672. The molecule has 21 heavy (non-hydrogen) atoms. The van der Waals surface area contributed by atoms with Crippen molar-refractivity contribution < 1.29 is 17.9 Å². The Kier molecular flexibility index (Phi) is 3.57. The Balaban J connectivity index is 1.91. The fourth-order valence-corrected chi connectivity index (χ4v) is 2.72. The van der Waals surface area contributed by atoms with Crippen LogP contribution >= 0.6 is 15.9 Å². The first-order valence-electron chi connectivity index (χ1n) is 6.31. The molecule has 1 aliphatic heterocycles. The average molecular weight is 358 g/mol. The van der Waals surface area contributed by atoms with Crippen molar-refractivity contribution in [3.05, 3.63) is 58.1 Å². The number of anilines is 1. The maximum Gasteiger partial charge on any atom is 0.416 e. The van der Waals surface area contributed by atoms with Gasteiger partial charge in [0.1, 0.15) is 6.10 Å². The van der Waals surface area contributed by atoms with Crippen molar-refractivity contribution in [1.29, 1.82) is 0 Å². The highest BCUT2D eigenvalue weighted by molar-refractivity contribution is 9.10. The zero-order valence-corrected chi connectivity index (χ0v) is 12.3. The second-order valence-corrected chi connectivity index (χ2v) is 5.58.